The van der Waals surface area contributed by atoms with Crippen LogP contribution >= 0.6 is 15.9 Å². The predicted octanol–water partition coefficient (Wildman–Crippen LogP) is 3.26. The topological polar surface area (TPSA) is 39.1 Å². The number of benzene rings is 1. The zero-order chi connectivity index (χ0) is 14.5. The van der Waals surface area contributed by atoms with Crippen molar-refractivity contribution in [3.05, 3.63) is 46.2 Å². The lowest BCUT2D eigenvalue weighted by molar-refractivity contribution is 0.298. The van der Waals surface area contributed by atoms with Crippen molar-refractivity contribution in [2.24, 2.45) is 7.05 Å². The van der Waals surface area contributed by atoms with E-state index in [1.807, 2.05) is 25.4 Å². The molecule has 4 nitrogen and oxygen atoms in total. The van der Waals surface area contributed by atoms with E-state index in [0.717, 1.165) is 22.5 Å². The van der Waals surface area contributed by atoms with Crippen molar-refractivity contribution in [1.82, 2.24) is 15.1 Å². The molecule has 2 aromatic rings. The largest absolute Gasteiger partial charge is 0.486 e. The van der Waals surface area contributed by atoms with Crippen LogP contribution in [0.2, 0.25) is 0 Å². The SMILES string of the molecule is CC(C)NCc1ccc(OCc2ccn(C)n2)c(Br)c1. The van der Waals surface area contributed by atoms with Crippen LogP contribution in [0.4, 0.5) is 0 Å². The van der Waals surface area contributed by atoms with Gasteiger partial charge in [0.15, 0.2) is 0 Å². The highest BCUT2D eigenvalue weighted by atomic mass is 79.9. The molecule has 20 heavy (non-hydrogen) atoms. The Bertz CT molecular complexity index is 566. The van der Waals surface area contributed by atoms with Gasteiger partial charge in [0.1, 0.15) is 12.4 Å². The summed E-state index contributed by atoms with van der Waals surface area (Å²) in [7, 11) is 1.90. The molecule has 0 aliphatic carbocycles. The summed E-state index contributed by atoms with van der Waals surface area (Å²) in [6.07, 6.45) is 1.91. The van der Waals surface area contributed by atoms with Gasteiger partial charge >= 0.3 is 0 Å². The van der Waals surface area contributed by atoms with Gasteiger partial charge in [0.05, 0.1) is 10.2 Å². The van der Waals surface area contributed by atoms with Crippen molar-refractivity contribution in [3.8, 4) is 5.75 Å². The lowest BCUT2D eigenvalue weighted by Gasteiger charge is -2.11. The van der Waals surface area contributed by atoms with E-state index in [1.165, 1.54) is 5.56 Å². The first kappa shape index (κ1) is 15.1. The first-order valence-electron chi connectivity index (χ1n) is 6.67. The number of ether oxygens (including phenoxy) is 1. The molecule has 5 heteroatoms. The van der Waals surface area contributed by atoms with Crippen molar-refractivity contribution in [3.63, 3.8) is 0 Å². The summed E-state index contributed by atoms with van der Waals surface area (Å²) >= 11 is 3.55. The summed E-state index contributed by atoms with van der Waals surface area (Å²) in [5.74, 6) is 0.837. The number of aromatic nitrogens is 2. The quantitative estimate of drug-likeness (QED) is 0.879. The van der Waals surface area contributed by atoms with E-state index < -0.39 is 0 Å². The van der Waals surface area contributed by atoms with Gasteiger partial charge in [-0.3, -0.25) is 4.68 Å². The van der Waals surface area contributed by atoms with Crippen LogP contribution in [0.5, 0.6) is 5.75 Å². The molecule has 0 bridgehead atoms. The summed E-state index contributed by atoms with van der Waals surface area (Å²) in [6, 6.07) is 8.59. The molecular formula is C15H20BrN3O. The molecule has 2 rings (SSSR count). The fourth-order valence-corrected chi connectivity index (χ4v) is 2.33. The van der Waals surface area contributed by atoms with Crippen molar-refractivity contribution in [1.29, 1.82) is 0 Å². The molecular weight excluding hydrogens is 318 g/mol. The average molecular weight is 338 g/mol. The van der Waals surface area contributed by atoms with Crippen LogP contribution in [-0.4, -0.2) is 15.8 Å². The Morgan fingerprint density at radius 2 is 2.15 bits per heavy atom. The molecule has 0 radical (unpaired) electrons. The zero-order valence-corrected chi connectivity index (χ0v) is 13.6. The third-order valence-corrected chi connectivity index (χ3v) is 3.47. The second kappa shape index (κ2) is 6.90. The average Bonchev–Trinajstić information content (AvgIpc) is 2.81. The van der Waals surface area contributed by atoms with Gasteiger partial charge in [-0.1, -0.05) is 19.9 Å². The number of nitrogens with zero attached hydrogens (tertiary/aromatic N) is 2. The molecule has 0 aliphatic heterocycles. The summed E-state index contributed by atoms with van der Waals surface area (Å²) in [4.78, 5) is 0. The highest BCUT2D eigenvalue weighted by Crippen LogP contribution is 2.26. The van der Waals surface area contributed by atoms with E-state index in [-0.39, 0.29) is 0 Å². The molecule has 0 unspecified atom stereocenters. The van der Waals surface area contributed by atoms with E-state index in [1.54, 1.807) is 4.68 Å². The number of nitrogens with one attached hydrogen (secondary N) is 1. The fourth-order valence-electron chi connectivity index (χ4n) is 1.79. The highest BCUT2D eigenvalue weighted by molar-refractivity contribution is 9.10. The predicted molar refractivity (Wildman–Crippen MR) is 83.7 cm³/mol. The van der Waals surface area contributed by atoms with Crippen LogP contribution in [0.25, 0.3) is 0 Å². The van der Waals surface area contributed by atoms with Gasteiger partial charge in [-0.15, -0.1) is 0 Å². The molecule has 0 fully saturated rings. The summed E-state index contributed by atoms with van der Waals surface area (Å²) < 4.78 is 8.51. The Labute approximate surface area is 128 Å². The molecule has 108 valence electrons. The smallest absolute Gasteiger partial charge is 0.134 e. The normalized spacial score (nSPS) is 11.1. The summed E-state index contributed by atoms with van der Waals surface area (Å²) in [6.45, 7) is 5.61. The van der Waals surface area contributed by atoms with Crippen molar-refractivity contribution < 1.29 is 4.74 Å². The summed E-state index contributed by atoms with van der Waals surface area (Å²) in [5.41, 5.74) is 2.15. The van der Waals surface area contributed by atoms with E-state index in [0.29, 0.717) is 12.6 Å². The van der Waals surface area contributed by atoms with Gasteiger partial charge in [0.25, 0.3) is 0 Å². The Morgan fingerprint density at radius 1 is 1.35 bits per heavy atom. The Morgan fingerprint density at radius 3 is 2.75 bits per heavy atom. The van der Waals surface area contributed by atoms with E-state index >= 15 is 0 Å². The van der Waals surface area contributed by atoms with E-state index in [4.69, 9.17) is 4.74 Å². The van der Waals surface area contributed by atoms with E-state index in [2.05, 4.69) is 52.3 Å². The molecule has 1 N–H and O–H groups in total. The molecule has 0 saturated carbocycles. The van der Waals surface area contributed by atoms with Crippen molar-refractivity contribution in [2.45, 2.75) is 33.0 Å². The van der Waals surface area contributed by atoms with Crippen LogP contribution in [0, 0.1) is 0 Å². The molecule has 0 spiro atoms. The first-order valence-corrected chi connectivity index (χ1v) is 7.47. The number of halogens is 1. The van der Waals surface area contributed by atoms with Crippen LogP contribution < -0.4 is 10.1 Å². The lowest BCUT2D eigenvalue weighted by Crippen LogP contribution is -2.21. The number of hydrogen-bond donors (Lipinski definition) is 1. The second-order valence-corrected chi connectivity index (χ2v) is 5.92. The van der Waals surface area contributed by atoms with Gasteiger partial charge in [-0.05, 0) is 39.7 Å². The second-order valence-electron chi connectivity index (χ2n) is 5.07. The fraction of sp³-hybridized carbons (Fsp3) is 0.400. The number of aryl methyl sites for hydroxylation is 1. The maximum absolute atomic E-state index is 5.77. The first-order chi connectivity index (χ1) is 9.54. The molecule has 0 amide bonds. The zero-order valence-electron chi connectivity index (χ0n) is 12.1. The molecule has 0 atom stereocenters. The molecule has 1 aromatic heterocycles. The highest BCUT2D eigenvalue weighted by Gasteiger charge is 2.05. The Balaban J connectivity index is 1.95. The monoisotopic (exact) mass is 337 g/mol. The van der Waals surface area contributed by atoms with Gasteiger partial charge in [0.2, 0.25) is 0 Å². The summed E-state index contributed by atoms with van der Waals surface area (Å²) in [5, 5.41) is 7.68. The van der Waals surface area contributed by atoms with Crippen LogP contribution in [0.15, 0.2) is 34.9 Å². The molecule has 1 aromatic carbocycles. The van der Waals surface area contributed by atoms with Crippen molar-refractivity contribution in [2.75, 3.05) is 0 Å². The Hall–Kier alpha value is -1.33. The van der Waals surface area contributed by atoms with Crippen LogP contribution in [0.3, 0.4) is 0 Å². The molecule has 0 saturated heterocycles. The van der Waals surface area contributed by atoms with Crippen LogP contribution in [0.1, 0.15) is 25.1 Å². The van der Waals surface area contributed by atoms with Gasteiger partial charge in [-0.25, -0.2) is 0 Å². The minimum Gasteiger partial charge on any atom is -0.486 e. The van der Waals surface area contributed by atoms with Gasteiger partial charge in [0, 0.05) is 25.8 Å². The minimum absolute atomic E-state index is 0.475. The van der Waals surface area contributed by atoms with Gasteiger partial charge in [-0.2, -0.15) is 5.10 Å². The Kier molecular flexibility index (Phi) is 5.20. The maximum Gasteiger partial charge on any atom is 0.134 e. The number of hydrogen-bond acceptors (Lipinski definition) is 3. The standard InChI is InChI=1S/C15H20BrN3O/c1-11(2)17-9-12-4-5-15(14(16)8-12)20-10-13-6-7-19(3)18-13/h4-8,11,17H,9-10H2,1-3H3. The minimum atomic E-state index is 0.475. The van der Waals surface area contributed by atoms with E-state index in [9.17, 15) is 0 Å². The third-order valence-electron chi connectivity index (χ3n) is 2.86. The van der Waals surface area contributed by atoms with Gasteiger partial charge < -0.3 is 10.1 Å². The molecule has 0 aliphatic rings. The molecule has 1 heterocycles. The van der Waals surface area contributed by atoms with Crippen LogP contribution in [-0.2, 0) is 20.2 Å². The number of rotatable bonds is 6. The van der Waals surface area contributed by atoms with Crippen molar-refractivity contribution >= 4 is 15.9 Å². The lowest BCUT2D eigenvalue weighted by atomic mass is 10.2. The third kappa shape index (κ3) is 4.35. The maximum atomic E-state index is 5.77.